The van der Waals surface area contributed by atoms with Gasteiger partial charge in [-0.1, -0.05) is 23.7 Å². The highest BCUT2D eigenvalue weighted by Crippen LogP contribution is 2.13. The van der Waals surface area contributed by atoms with Crippen molar-refractivity contribution in [3.05, 3.63) is 34.9 Å². The molecule has 1 rings (SSSR count). The number of benzene rings is 1. The van der Waals surface area contributed by atoms with Gasteiger partial charge in [-0.2, -0.15) is 5.26 Å². The summed E-state index contributed by atoms with van der Waals surface area (Å²) in [4.78, 5) is 10.3. The van der Waals surface area contributed by atoms with Crippen molar-refractivity contribution in [2.24, 2.45) is 0 Å². The molecule has 0 amide bonds. The first kappa shape index (κ1) is 11.5. The number of rotatable bonds is 1. The zero-order chi connectivity index (χ0) is 10.3. The lowest BCUT2D eigenvalue weighted by Crippen LogP contribution is -1.95. The van der Waals surface area contributed by atoms with Crippen LogP contribution in [0.1, 0.15) is 17.3 Å². The van der Waals surface area contributed by atoms with Crippen molar-refractivity contribution in [1.29, 1.82) is 5.26 Å². The predicted octanol–water partition coefficient (Wildman–Crippen LogP) is 2.57. The summed E-state index contributed by atoms with van der Waals surface area (Å²) in [5.41, 5.74) is 0.143. The van der Waals surface area contributed by atoms with E-state index in [0.717, 1.165) is 0 Å². The first-order valence-corrected chi connectivity index (χ1v) is 3.80. The van der Waals surface area contributed by atoms with Gasteiger partial charge in [-0.25, -0.2) is 4.79 Å². The van der Waals surface area contributed by atoms with Crippen molar-refractivity contribution >= 4 is 17.6 Å². The molecule has 0 saturated carbocycles. The second kappa shape index (κ2) is 6.04. The van der Waals surface area contributed by atoms with Gasteiger partial charge in [0.05, 0.1) is 16.7 Å². The number of hydrogen-bond donors (Lipinski definition) is 1. The monoisotopic (exact) mass is 197 g/mol. The number of carboxylic acids is 1. The molecule has 0 saturated heterocycles. The molecule has 0 heterocycles. The van der Waals surface area contributed by atoms with Crippen LogP contribution in [0.5, 0.6) is 0 Å². The van der Waals surface area contributed by atoms with E-state index in [4.69, 9.17) is 22.0 Å². The third-order valence-electron chi connectivity index (χ3n) is 1.10. The minimum absolute atomic E-state index is 0.143. The van der Waals surface area contributed by atoms with Crippen LogP contribution >= 0.6 is 11.6 Å². The molecule has 0 aliphatic rings. The summed E-state index contributed by atoms with van der Waals surface area (Å²) in [6.45, 7) is 1.43. The Kier molecular flexibility index (Phi) is 5.33. The highest BCUT2D eigenvalue weighted by molar-refractivity contribution is 6.33. The molecule has 0 spiro atoms. The van der Waals surface area contributed by atoms with E-state index in [1.807, 2.05) is 0 Å². The van der Waals surface area contributed by atoms with Gasteiger partial charge in [0.1, 0.15) is 0 Å². The largest absolute Gasteiger partial charge is 0.478 e. The van der Waals surface area contributed by atoms with E-state index in [0.29, 0.717) is 0 Å². The molecule has 1 N–H and O–H groups in total. The van der Waals surface area contributed by atoms with E-state index in [-0.39, 0.29) is 10.6 Å². The summed E-state index contributed by atoms with van der Waals surface area (Å²) in [5, 5.41) is 16.1. The van der Waals surface area contributed by atoms with Gasteiger partial charge in [-0.15, -0.1) is 0 Å². The smallest absolute Gasteiger partial charge is 0.337 e. The number of nitrogens with zero attached hydrogens (tertiary/aromatic N) is 1. The molecule has 3 nitrogen and oxygen atoms in total. The second-order valence-corrected chi connectivity index (χ2v) is 2.42. The summed E-state index contributed by atoms with van der Waals surface area (Å²) in [6.07, 6.45) is 0. The fourth-order valence-electron chi connectivity index (χ4n) is 0.635. The number of carboxylic acid groups (broad SMARTS) is 1. The van der Waals surface area contributed by atoms with Gasteiger partial charge >= 0.3 is 5.97 Å². The normalized spacial score (nSPS) is 7.77. The third-order valence-corrected chi connectivity index (χ3v) is 1.43. The molecule has 0 aliphatic carbocycles. The van der Waals surface area contributed by atoms with Gasteiger partial charge in [-0.3, -0.25) is 0 Å². The summed E-state index contributed by atoms with van der Waals surface area (Å²) in [6, 6.07) is 8.08. The van der Waals surface area contributed by atoms with Crippen molar-refractivity contribution in [2.75, 3.05) is 0 Å². The van der Waals surface area contributed by atoms with Crippen LogP contribution in [0.25, 0.3) is 0 Å². The van der Waals surface area contributed by atoms with Gasteiger partial charge in [0.2, 0.25) is 0 Å². The Labute approximate surface area is 81.2 Å². The van der Waals surface area contributed by atoms with E-state index >= 15 is 0 Å². The van der Waals surface area contributed by atoms with Gasteiger partial charge in [-0.05, 0) is 12.1 Å². The number of nitriles is 1. The molecular weight excluding hydrogens is 190 g/mol. The fourth-order valence-corrected chi connectivity index (χ4v) is 0.851. The van der Waals surface area contributed by atoms with Gasteiger partial charge in [0, 0.05) is 6.92 Å². The summed E-state index contributed by atoms with van der Waals surface area (Å²) in [5.74, 6) is -0.995. The van der Waals surface area contributed by atoms with E-state index in [1.54, 1.807) is 24.3 Å². The quantitative estimate of drug-likeness (QED) is 0.753. The van der Waals surface area contributed by atoms with Crippen molar-refractivity contribution < 1.29 is 9.90 Å². The zero-order valence-electron chi connectivity index (χ0n) is 6.99. The Bertz CT molecular complexity index is 331. The van der Waals surface area contributed by atoms with Crippen LogP contribution in [-0.2, 0) is 0 Å². The van der Waals surface area contributed by atoms with Crippen LogP contribution in [0.15, 0.2) is 24.3 Å². The van der Waals surface area contributed by atoms with Crippen LogP contribution in [0.2, 0.25) is 5.02 Å². The highest BCUT2D eigenvalue weighted by Gasteiger charge is 2.04. The van der Waals surface area contributed by atoms with Crippen molar-refractivity contribution in [1.82, 2.24) is 0 Å². The Hall–Kier alpha value is -1.53. The molecule has 0 fully saturated rings. The standard InChI is InChI=1S/C7H5ClO2.C2H3N/c8-6-4-2-1-3-5(6)7(9)10;1-2-3/h1-4H,(H,9,10);1H3. The molecular formula is C9H8ClNO2. The first-order chi connectivity index (χ1) is 6.13. The molecule has 13 heavy (non-hydrogen) atoms. The van der Waals surface area contributed by atoms with Gasteiger partial charge in [0.25, 0.3) is 0 Å². The number of hydrogen-bond acceptors (Lipinski definition) is 2. The Morgan fingerprint density at radius 1 is 1.54 bits per heavy atom. The lowest BCUT2D eigenvalue weighted by atomic mass is 10.2. The highest BCUT2D eigenvalue weighted by atomic mass is 35.5. The maximum absolute atomic E-state index is 10.3. The lowest BCUT2D eigenvalue weighted by molar-refractivity contribution is 0.0697. The first-order valence-electron chi connectivity index (χ1n) is 3.42. The SMILES string of the molecule is CC#N.O=C(O)c1ccccc1Cl. The molecule has 1 aromatic rings. The molecule has 0 bridgehead atoms. The fraction of sp³-hybridized carbons (Fsp3) is 0.111. The molecule has 0 aliphatic heterocycles. The molecule has 0 unspecified atom stereocenters. The molecule has 0 aromatic heterocycles. The Morgan fingerprint density at radius 2 is 2.00 bits per heavy atom. The van der Waals surface area contributed by atoms with E-state index in [1.165, 1.54) is 13.0 Å². The number of aromatic carboxylic acids is 1. The maximum atomic E-state index is 10.3. The van der Waals surface area contributed by atoms with E-state index in [9.17, 15) is 4.79 Å². The van der Waals surface area contributed by atoms with Crippen LogP contribution < -0.4 is 0 Å². The van der Waals surface area contributed by atoms with Crippen LogP contribution in [0, 0.1) is 11.3 Å². The minimum Gasteiger partial charge on any atom is -0.478 e. The van der Waals surface area contributed by atoms with Gasteiger partial charge < -0.3 is 5.11 Å². The van der Waals surface area contributed by atoms with Crippen LogP contribution in [0.3, 0.4) is 0 Å². The Morgan fingerprint density at radius 3 is 2.31 bits per heavy atom. The van der Waals surface area contributed by atoms with Crippen molar-refractivity contribution in [3.63, 3.8) is 0 Å². The number of carbonyl (C=O) groups is 1. The van der Waals surface area contributed by atoms with Crippen LogP contribution in [0.4, 0.5) is 0 Å². The molecule has 68 valence electrons. The summed E-state index contributed by atoms with van der Waals surface area (Å²) < 4.78 is 0. The molecule has 1 aromatic carbocycles. The average Bonchev–Trinajstić information content (AvgIpc) is 2.06. The topological polar surface area (TPSA) is 61.1 Å². The second-order valence-electron chi connectivity index (χ2n) is 2.01. The van der Waals surface area contributed by atoms with Crippen LogP contribution in [-0.4, -0.2) is 11.1 Å². The van der Waals surface area contributed by atoms with E-state index in [2.05, 4.69) is 0 Å². The molecule has 0 radical (unpaired) electrons. The number of halogens is 1. The summed E-state index contributed by atoms with van der Waals surface area (Å²) >= 11 is 5.54. The predicted molar refractivity (Wildman–Crippen MR) is 49.7 cm³/mol. The average molecular weight is 198 g/mol. The molecule has 4 heteroatoms. The zero-order valence-corrected chi connectivity index (χ0v) is 7.75. The van der Waals surface area contributed by atoms with Gasteiger partial charge in [0.15, 0.2) is 0 Å². The van der Waals surface area contributed by atoms with Crippen molar-refractivity contribution in [2.45, 2.75) is 6.92 Å². The molecule has 0 atom stereocenters. The van der Waals surface area contributed by atoms with Crippen molar-refractivity contribution in [3.8, 4) is 6.07 Å². The summed E-state index contributed by atoms with van der Waals surface area (Å²) in [7, 11) is 0. The minimum atomic E-state index is -0.995. The maximum Gasteiger partial charge on any atom is 0.337 e. The third kappa shape index (κ3) is 4.14. The van der Waals surface area contributed by atoms with E-state index < -0.39 is 5.97 Å². The Balaban J connectivity index is 0.000000424. The lowest BCUT2D eigenvalue weighted by Gasteiger charge is -1.94.